The molecule has 1 heterocycles. The van der Waals surface area contributed by atoms with Gasteiger partial charge < -0.3 is 4.74 Å². The molecule has 3 heteroatoms. The number of ether oxygens (including phenoxy) is 1. The molecule has 2 aromatic rings. The Morgan fingerprint density at radius 1 is 1.15 bits per heavy atom. The molecule has 1 aromatic heterocycles. The number of aryl methyl sites for hydroxylation is 1. The van der Waals surface area contributed by atoms with E-state index in [0.717, 1.165) is 24.3 Å². The third kappa shape index (κ3) is 4.86. The average Bonchev–Trinajstić information content (AvgIpc) is 2.42. The first kappa shape index (κ1) is 14.9. The summed E-state index contributed by atoms with van der Waals surface area (Å²) in [5, 5.41) is 0.161. The van der Waals surface area contributed by atoms with Crippen LogP contribution in [0, 0.1) is 6.92 Å². The summed E-state index contributed by atoms with van der Waals surface area (Å²) in [4.78, 5) is 4.36. The quantitative estimate of drug-likeness (QED) is 0.744. The molecule has 0 aliphatic heterocycles. The lowest BCUT2D eigenvalue weighted by Gasteiger charge is -2.08. The summed E-state index contributed by atoms with van der Waals surface area (Å²) in [5.41, 5.74) is 3.47. The number of benzene rings is 1. The molecule has 2 rings (SSSR count). The fourth-order valence-corrected chi connectivity index (χ4v) is 2.14. The van der Waals surface area contributed by atoms with Crippen molar-refractivity contribution in [3.63, 3.8) is 0 Å². The summed E-state index contributed by atoms with van der Waals surface area (Å²) in [6.07, 6.45) is 3.59. The average molecular weight is 290 g/mol. The number of halogens is 1. The minimum atomic E-state index is 0.161. The Kier molecular flexibility index (Phi) is 5.42. The molecule has 0 amide bonds. The van der Waals surface area contributed by atoms with Gasteiger partial charge in [0.2, 0.25) is 0 Å². The van der Waals surface area contributed by atoms with Gasteiger partial charge in [0.25, 0.3) is 0 Å². The standard InChI is InChI=1S/C17H20ClNO/c1-13-3-6-16(19-12-13)9-10-20-17-7-4-15(5-8-17)11-14(2)18/h3-8,12,14H,9-11H2,1-2H3. The molecule has 0 saturated heterocycles. The molecule has 1 atom stereocenters. The molecule has 0 bridgehead atoms. The zero-order valence-corrected chi connectivity index (χ0v) is 12.7. The van der Waals surface area contributed by atoms with E-state index in [4.69, 9.17) is 16.3 Å². The van der Waals surface area contributed by atoms with Gasteiger partial charge in [-0.25, -0.2) is 0 Å². The van der Waals surface area contributed by atoms with Gasteiger partial charge in [-0.1, -0.05) is 18.2 Å². The molecule has 20 heavy (non-hydrogen) atoms. The molecule has 0 saturated carbocycles. The molecular weight excluding hydrogens is 270 g/mol. The van der Waals surface area contributed by atoms with Crippen LogP contribution in [0.15, 0.2) is 42.6 Å². The summed E-state index contributed by atoms with van der Waals surface area (Å²) in [7, 11) is 0. The molecule has 0 aliphatic rings. The van der Waals surface area contributed by atoms with Crippen LogP contribution in [0.3, 0.4) is 0 Å². The summed E-state index contributed by atoms with van der Waals surface area (Å²) in [6.45, 7) is 4.68. The highest BCUT2D eigenvalue weighted by Gasteiger charge is 2.01. The smallest absolute Gasteiger partial charge is 0.119 e. The zero-order valence-electron chi connectivity index (χ0n) is 12.0. The molecule has 0 aliphatic carbocycles. The summed E-state index contributed by atoms with van der Waals surface area (Å²) < 4.78 is 5.73. The molecular formula is C17H20ClNO. The van der Waals surface area contributed by atoms with Crippen molar-refractivity contribution in [3.8, 4) is 5.75 Å². The lowest BCUT2D eigenvalue weighted by Crippen LogP contribution is -2.03. The van der Waals surface area contributed by atoms with E-state index < -0.39 is 0 Å². The lowest BCUT2D eigenvalue weighted by atomic mass is 10.1. The zero-order chi connectivity index (χ0) is 14.4. The minimum Gasteiger partial charge on any atom is -0.493 e. The lowest BCUT2D eigenvalue weighted by molar-refractivity contribution is 0.320. The second kappa shape index (κ2) is 7.30. The topological polar surface area (TPSA) is 22.1 Å². The number of alkyl halides is 1. The Morgan fingerprint density at radius 2 is 1.90 bits per heavy atom. The van der Waals surface area contributed by atoms with Crippen LogP contribution < -0.4 is 4.74 Å². The first-order valence-electron chi connectivity index (χ1n) is 6.91. The van der Waals surface area contributed by atoms with Crippen molar-refractivity contribution in [2.24, 2.45) is 0 Å². The van der Waals surface area contributed by atoms with Gasteiger partial charge in [0.15, 0.2) is 0 Å². The number of rotatable bonds is 6. The van der Waals surface area contributed by atoms with Crippen molar-refractivity contribution < 1.29 is 4.74 Å². The van der Waals surface area contributed by atoms with Gasteiger partial charge in [0.1, 0.15) is 5.75 Å². The van der Waals surface area contributed by atoms with Crippen LogP contribution in [0.5, 0.6) is 5.75 Å². The highest BCUT2D eigenvalue weighted by Crippen LogP contribution is 2.15. The van der Waals surface area contributed by atoms with E-state index in [-0.39, 0.29) is 5.38 Å². The van der Waals surface area contributed by atoms with E-state index >= 15 is 0 Å². The Morgan fingerprint density at radius 3 is 2.50 bits per heavy atom. The van der Waals surface area contributed by atoms with Crippen molar-refractivity contribution in [3.05, 3.63) is 59.4 Å². The third-order valence-electron chi connectivity index (χ3n) is 3.04. The number of hydrogen-bond acceptors (Lipinski definition) is 2. The third-order valence-corrected chi connectivity index (χ3v) is 3.19. The molecule has 0 N–H and O–H groups in total. The molecule has 0 fully saturated rings. The normalized spacial score (nSPS) is 12.2. The molecule has 0 radical (unpaired) electrons. The maximum Gasteiger partial charge on any atom is 0.119 e. The predicted molar refractivity (Wildman–Crippen MR) is 83.6 cm³/mol. The van der Waals surface area contributed by atoms with Crippen LogP contribution in [0.25, 0.3) is 0 Å². The van der Waals surface area contributed by atoms with Gasteiger partial charge in [0, 0.05) is 23.7 Å². The van der Waals surface area contributed by atoms with Crippen molar-refractivity contribution >= 4 is 11.6 Å². The molecule has 0 spiro atoms. The van der Waals surface area contributed by atoms with E-state index in [1.165, 1.54) is 11.1 Å². The number of hydrogen-bond donors (Lipinski definition) is 0. The van der Waals surface area contributed by atoms with Crippen LogP contribution in [0.2, 0.25) is 0 Å². The maximum absolute atomic E-state index is 5.98. The van der Waals surface area contributed by atoms with Gasteiger partial charge in [0.05, 0.1) is 6.61 Å². The summed E-state index contributed by atoms with van der Waals surface area (Å²) in [6, 6.07) is 12.2. The van der Waals surface area contributed by atoms with Gasteiger partial charge in [-0.2, -0.15) is 0 Å². The Labute approximate surface area is 125 Å². The number of nitrogens with zero attached hydrogens (tertiary/aromatic N) is 1. The van der Waals surface area contributed by atoms with Gasteiger partial charge >= 0.3 is 0 Å². The Bertz CT molecular complexity index is 520. The van der Waals surface area contributed by atoms with E-state index in [0.29, 0.717) is 6.61 Å². The summed E-state index contributed by atoms with van der Waals surface area (Å²) >= 11 is 5.98. The van der Waals surface area contributed by atoms with Crippen LogP contribution in [0.1, 0.15) is 23.7 Å². The van der Waals surface area contributed by atoms with Crippen LogP contribution in [-0.4, -0.2) is 17.0 Å². The minimum absolute atomic E-state index is 0.161. The van der Waals surface area contributed by atoms with Gasteiger partial charge in [-0.3, -0.25) is 4.98 Å². The van der Waals surface area contributed by atoms with E-state index in [2.05, 4.69) is 23.2 Å². The van der Waals surface area contributed by atoms with Gasteiger partial charge in [-0.15, -0.1) is 11.6 Å². The molecule has 106 valence electrons. The van der Waals surface area contributed by atoms with Crippen molar-refractivity contribution in [1.82, 2.24) is 4.98 Å². The van der Waals surface area contributed by atoms with Crippen molar-refractivity contribution in [2.45, 2.75) is 32.1 Å². The Hall–Kier alpha value is -1.54. The largest absolute Gasteiger partial charge is 0.493 e. The molecule has 1 unspecified atom stereocenters. The maximum atomic E-state index is 5.98. The molecule has 2 nitrogen and oxygen atoms in total. The Balaban J connectivity index is 1.80. The first-order valence-corrected chi connectivity index (χ1v) is 7.34. The molecule has 1 aromatic carbocycles. The second-order valence-corrected chi connectivity index (χ2v) is 5.80. The highest BCUT2D eigenvalue weighted by atomic mass is 35.5. The fraction of sp³-hybridized carbons (Fsp3) is 0.353. The second-order valence-electron chi connectivity index (χ2n) is 5.05. The number of pyridine rings is 1. The van der Waals surface area contributed by atoms with Crippen LogP contribution in [0.4, 0.5) is 0 Å². The monoisotopic (exact) mass is 289 g/mol. The van der Waals surface area contributed by atoms with E-state index in [1.807, 2.05) is 38.2 Å². The van der Waals surface area contributed by atoms with E-state index in [9.17, 15) is 0 Å². The van der Waals surface area contributed by atoms with Crippen molar-refractivity contribution in [2.75, 3.05) is 6.61 Å². The van der Waals surface area contributed by atoms with Gasteiger partial charge in [-0.05, 0) is 49.6 Å². The summed E-state index contributed by atoms with van der Waals surface area (Å²) in [5.74, 6) is 0.892. The van der Waals surface area contributed by atoms with Crippen LogP contribution >= 0.6 is 11.6 Å². The predicted octanol–water partition coefficient (Wildman–Crippen LogP) is 4.18. The van der Waals surface area contributed by atoms with E-state index in [1.54, 1.807) is 0 Å². The number of aromatic nitrogens is 1. The first-order chi connectivity index (χ1) is 9.63. The SMILES string of the molecule is Cc1ccc(CCOc2ccc(CC(C)Cl)cc2)nc1. The highest BCUT2D eigenvalue weighted by molar-refractivity contribution is 6.20. The fourth-order valence-electron chi connectivity index (χ4n) is 1.97. The van der Waals surface area contributed by atoms with Crippen LogP contribution in [-0.2, 0) is 12.8 Å². The van der Waals surface area contributed by atoms with Crippen molar-refractivity contribution in [1.29, 1.82) is 0 Å².